The van der Waals surface area contributed by atoms with E-state index < -0.39 is 0 Å². The number of rotatable bonds is 2. The molecule has 0 aromatic carbocycles. The summed E-state index contributed by atoms with van der Waals surface area (Å²) >= 11 is 0. The van der Waals surface area contributed by atoms with Crippen LogP contribution in [0.1, 0.15) is 17.0 Å². The predicted octanol–water partition coefficient (Wildman–Crippen LogP) is 1.26. The Morgan fingerprint density at radius 3 is 2.00 bits per heavy atom. The van der Waals surface area contributed by atoms with Crippen molar-refractivity contribution in [2.75, 3.05) is 7.11 Å². The van der Waals surface area contributed by atoms with E-state index in [2.05, 4.69) is 4.98 Å². The van der Waals surface area contributed by atoms with Crippen LogP contribution in [0.2, 0.25) is 0 Å². The van der Waals surface area contributed by atoms with Crippen LogP contribution in [0.4, 0.5) is 0 Å². The molecule has 4 nitrogen and oxygen atoms in total. The molecule has 0 aliphatic rings. The van der Waals surface area contributed by atoms with Gasteiger partial charge in [-0.25, -0.2) is 0 Å². The monoisotopic (exact) mass is 183 g/mol. The fourth-order valence-electron chi connectivity index (χ4n) is 1.19. The molecule has 0 atom stereocenters. The number of hydrogen-bond donors (Lipinski definition) is 2. The Hall–Kier alpha value is -1.29. The number of aromatic hydroxyl groups is 2. The molecule has 0 aliphatic carbocycles. The lowest BCUT2D eigenvalue weighted by molar-refractivity contribution is 0.178. The maximum atomic E-state index is 9.53. The van der Waals surface area contributed by atoms with Crippen LogP contribution in [-0.4, -0.2) is 22.3 Å². The lowest BCUT2D eigenvalue weighted by Crippen LogP contribution is -1.96. The molecule has 1 heterocycles. The van der Waals surface area contributed by atoms with Gasteiger partial charge in [0.1, 0.15) is 11.5 Å². The third-order valence-corrected chi connectivity index (χ3v) is 1.88. The predicted molar refractivity (Wildman–Crippen MR) is 47.8 cm³/mol. The van der Waals surface area contributed by atoms with Crippen LogP contribution >= 0.6 is 0 Å². The molecule has 13 heavy (non-hydrogen) atoms. The lowest BCUT2D eigenvalue weighted by Gasteiger charge is -2.10. The van der Waals surface area contributed by atoms with E-state index in [1.807, 2.05) is 0 Å². The molecule has 0 unspecified atom stereocenters. The quantitative estimate of drug-likeness (QED) is 0.724. The van der Waals surface area contributed by atoms with Crippen LogP contribution in [0, 0.1) is 13.8 Å². The van der Waals surface area contributed by atoms with Crippen LogP contribution in [0.3, 0.4) is 0 Å². The van der Waals surface area contributed by atoms with E-state index in [-0.39, 0.29) is 18.1 Å². The average Bonchev–Trinajstić information content (AvgIpc) is 2.09. The van der Waals surface area contributed by atoms with Gasteiger partial charge in [-0.2, -0.15) is 0 Å². The molecule has 4 heteroatoms. The van der Waals surface area contributed by atoms with Gasteiger partial charge in [-0.1, -0.05) is 0 Å². The SMILES string of the molecule is COCc1c(O)c(C)nc(C)c1O. The summed E-state index contributed by atoms with van der Waals surface area (Å²) in [6, 6.07) is 0. The molecule has 0 spiro atoms. The second-order valence-electron chi connectivity index (χ2n) is 2.89. The van der Waals surface area contributed by atoms with Gasteiger partial charge in [-0.05, 0) is 13.8 Å². The summed E-state index contributed by atoms with van der Waals surface area (Å²) in [6.07, 6.45) is 0. The first kappa shape index (κ1) is 9.80. The largest absolute Gasteiger partial charge is 0.506 e. The molecular weight excluding hydrogens is 170 g/mol. The summed E-state index contributed by atoms with van der Waals surface area (Å²) in [4.78, 5) is 3.96. The van der Waals surface area contributed by atoms with E-state index in [1.165, 1.54) is 7.11 Å². The Morgan fingerprint density at radius 2 is 1.62 bits per heavy atom. The van der Waals surface area contributed by atoms with Gasteiger partial charge in [0.2, 0.25) is 0 Å². The zero-order chi connectivity index (χ0) is 10.0. The number of ether oxygens (including phenoxy) is 1. The topological polar surface area (TPSA) is 62.6 Å². The van der Waals surface area contributed by atoms with E-state index >= 15 is 0 Å². The van der Waals surface area contributed by atoms with Crippen LogP contribution in [0.25, 0.3) is 0 Å². The number of nitrogens with zero attached hydrogens (tertiary/aromatic N) is 1. The molecule has 0 bridgehead atoms. The van der Waals surface area contributed by atoms with Gasteiger partial charge in [0.25, 0.3) is 0 Å². The highest BCUT2D eigenvalue weighted by molar-refractivity contribution is 5.47. The summed E-state index contributed by atoms with van der Waals surface area (Å²) < 4.78 is 4.85. The van der Waals surface area contributed by atoms with Gasteiger partial charge in [0.05, 0.1) is 23.6 Å². The molecular formula is C9H13NO3. The number of pyridine rings is 1. The third kappa shape index (κ3) is 1.72. The van der Waals surface area contributed by atoms with Crippen molar-refractivity contribution >= 4 is 0 Å². The van der Waals surface area contributed by atoms with Gasteiger partial charge in [0.15, 0.2) is 0 Å². The maximum absolute atomic E-state index is 9.53. The van der Waals surface area contributed by atoms with E-state index in [9.17, 15) is 10.2 Å². The van der Waals surface area contributed by atoms with Crippen LogP contribution in [0.5, 0.6) is 11.5 Å². The number of aromatic nitrogens is 1. The summed E-state index contributed by atoms with van der Waals surface area (Å²) in [5.74, 6) is 0.00917. The Bertz CT molecular complexity index is 297. The van der Waals surface area contributed by atoms with Gasteiger partial charge in [-0.3, -0.25) is 4.98 Å². The highest BCUT2D eigenvalue weighted by atomic mass is 16.5. The van der Waals surface area contributed by atoms with E-state index in [1.54, 1.807) is 13.8 Å². The van der Waals surface area contributed by atoms with Crippen LogP contribution < -0.4 is 0 Å². The standard InChI is InChI=1S/C9H13NO3/c1-5-8(11)7(4-13-3)9(12)6(2)10-5/h11-12H,4H2,1-3H3. The molecule has 72 valence electrons. The van der Waals surface area contributed by atoms with E-state index in [0.29, 0.717) is 17.0 Å². The fraction of sp³-hybridized carbons (Fsp3) is 0.444. The Labute approximate surface area is 76.8 Å². The summed E-state index contributed by atoms with van der Waals surface area (Å²) in [5, 5.41) is 19.1. The summed E-state index contributed by atoms with van der Waals surface area (Å²) in [5.41, 5.74) is 1.40. The minimum Gasteiger partial charge on any atom is -0.506 e. The highest BCUT2D eigenvalue weighted by Crippen LogP contribution is 2.31. The molecule has 1 aromatic heterocycles. The van der Waals surface area contributed by atoms with Crippen LogP contribution in [0.15, 0.2) is 0 Å². The summed E-state index contributed by atoms with van der Waals surface area (Å²) in [7, 11) is 1.50. The molecule has 0 radical (unpaired) electrons. The smallest absolute Gasteiger partial charge is 0.146 e. The molecule has 2 N–H and O–H groups in total. The van der Waals surface area contributed by atoms with Crippen molar-refractivity contribution < 1.29 is 14.9 Å². The highest BCUT2D eigenvalue weighted by Gasteiger charge is 2.13. The van der Waals surface area contributed by atoms with Crippen molar-refractivity contribution in [2.24, 2.45) is 0 Å². The van der Waals surface area contributed by atoms with Crippen molar-refractivity contribution in [3.63, 3.8) is 0 Å². The fourth-order valence-corrected chi connectivity index (χ4v) is 1.19. The van der Waals surface area contributed by atoms with Crippen LogP contribution in [-0.2, 0) is 11.3 Å². The Kier molecular flexibility index (Phi) is 2.72. The molecule has 0 amide bonds. The summed E-state index contributed by atoms with van der Waals surface area (Å²) in [6.45, 7) is 3.55. The first-order valence-corrected chi connectivity index (χ1v) is 3.94. The minimum atomic E-state index is 0.00458. The zero-order valence-corrected chi connectivity index (χ0v) is 7.96. The minimum absolute atomic E-state index is 0.00458. The van der Waals surface area contributed by atoms with E-state index in [0.717, 1.165) is 0 Å². The van der Waals surface area contributed by atoms with Crippen molar-refractivity contribution in [3.8, 4) is 11.5 Å². The number of aryl methyl sites for hydroxylation is 2. The first-order chi connectivity index (χ1) is 6.07. The number of hydrogen-bond acceptors (Lipinski definition) is 4. The Balaban J connectivity index is 3.28. The van der Waals surface area contributed by atoms with Gasteiger partial charge >= 0.3 is 0 Å². The molecule has 0 saturated carbocycles. The Morgan fingerprint density at radius 1 is 1.15 bits per heavy atom. The van der Waals surface area contributed by atoms with Crippen molar-refractivity contribution in [1.29, 1.82) is 0 Å². The first-order valence-electron chi connectivity index (χ1n) is 3.94. The normalized spacial score (nSPS) is 10.4. The van der Waals surface area contributed by atoms with Gasteiger partial charge in [0, 0.05) is 7.11 Å². The van der Waals surface area contributed by atoms with Crippen molar-refractivity contribution in [1.82, 2.24) is 4.98 Å². The van der Waals surface area contributed by atoms with Gasteiger partial charge in [-0.15, -0.1) is 0 Å². The molecule has 1 aromatic rings. The molecule has 0 fully saturated rings. The second kappa shape index (κ2) is 3.62. The maximum Gasteiger partial charge on any atom is 0.146 e. The zero-order valence-electron chi connectivity index (χ0n) is 7.96. The van der Waals surface area contributed by atoms with E-state index in [4.69, 9.17) is 4.74 Å². The second-order valence-corrected chi connectivity index (χ2v) is 2.89. The average molecular weight is 183 g/mol. The van der Waals surface area contributed by atoms with Crippen molar-refractivity contribution in [3.05, 3.63) is 17.0 Å². The number of methoxy groups -OCH3 is 1. The molecule has 0 saturated heterocycles. The van der Waals surface area contributed by atoms with Gasteiger partial charge < -0.3 is 14.9 Å². The molecule has 1 rings (SSSR count). The third-order valence-electron chi connectivity index (χ3n) is 1.88. The lowest BCUT2D eigenvalue weighted by atomic mass is 10.1. The molecule has 0 aliphatic heterocycles. The van der Waals surface area contributed by atoms with Crippen molar-refractivity contribution in [2.45, 2.75) is 20.5 Å².